The minimum absolute atomic E-state index is 0.237. The Morgan fingerprint density at radius 3 is 0.359 bits per heavy atom. The van der Waals surface area contributed by atoms with Crippen molar-refractivity contribution in [1.29, 1.82) is 0 Å². The van der Waals surface area contributed by atoms with Crippen molar-refractivity contribution in [2.75, 3.05) is 81.8 Å². The predicted molar refractivity (Wildman–Crippen MR) is 307 cm³/mol. The summed E-state index contributed by atoms with van der Waals surface area (Å²) in [6, 6.07) is 29.9. The summed E-state index contributed by atoms with van der Waals surface area (Å²) in [5.74, 6) is 0. The van der Waals surface area contributed by atoms with Crippen molar-refractivity contribution in [3.8, 4) is 0 Å². The number of anilines is 10. The average molecular weight is 1350 g/mol. The molecule has 0 bridgehead atoms. The molecule has 5 aromatic carbocycles. The predicted octanol–water partition coefficient (Wildman–Crippen LogP) is 22.6. The third-order valence-electron chi connectivity index (χ3n) is 14.4. The lowest BCUT2D eigenvalue weighted by Crippen LogP contribution is -2.28. The van der Waals surface area contributed by atoms with Crippen LogP contribution in [0.1, 0.15) is 103 Å². The Balaban J connectivity index is 1.65. The molecule has 0 spiro atoms. The summed E-state index contributed by atoms with van der Waals surface area (Å²) in [7, 11) is 0. The highest BCUT2D eigenvalue weighted by atomic mass is 19.4. The summed E-state index contributed by atoms with van der Waals surface area (Å²) in [5, 5.41) is 0. The fraction of sp³-hybridized carbons (Fsp3) is 0.516. The Labute approximate surface area is 516 Å². The van der Waals surface area contributed by atoms with Crippen LogP contribution >= 0.6 is 0 Å². The number of hydrogen-bond donors (Lipinski definition) is 0. The maximum atomic E-state index is 13.2. The van der Waals surface area contributed by atoms with Gasteiger partial charge >= 0.3 is 49.4 Å². The summed E-state index contributed by atoms with van der Waals surface area (Å²) in [4.78, 5) is 8.64. The Hall–Kier alpha value is -6.78. The molecule has 92 heavy (non-hydrogen) atoms. The van der Waals surface area contributed by atoms with Gasteiger partial charge in [0.1, 0.15) is 0 Å². The zero-order chi connectivity index (χ0) is 68.4. The normalized spacial score (nSPS) is 13.0. The highest BCUT2D eigenvalue weighted by molar-refractivity contribution is 5.82. The van der Waals surface area contributed by atoms with Crippen LogP contribution in [0.25, 0.3) is 0 Å². The van der Waals surface area contributed by atoms with Gasteiger partial charge in [-0.25, -0.2) is 0 Å². The van der Waals surface area contributed by atoms with Gasteiger partial charge in [-0.05, 0) is 173 Å². The molecule has 0 N–H and O–H groups in total. The molecule has 0 aromatic heterocycles. The molecular weight excluding hydrogens is 1280 g/mol. The van der Waals surface area contributed by atoms with Crippen LogP contribution in [-0.4, -0.2) is 102 Å². The SMILES string of the molecule is FC(F)(F)CCCN(CCCC(F)(F)F)c1ccc(N(c2ccc(N(CCCC(F)(F)F)CCCC(F)(F)F)cc2)c2ccc(N(c3ccc(N(CCCC(F)(F)F)CCCC(F)(F)F)cc3)c3ccc(N(CCCC(F)(F)F)CCCC(F)(F)F)cc3)cc2)cc1. The molecule has 5 rings (SSSR count). The van der Waals surface area contributed by atoms with E-state index in [2.05, 4.69) is 0 Å². The number of halogens is 24. The maximum absolute atomic E-state index is 13.2. The second-order valence-electron chi connectivity index (χ2n) is 22.0. The number of hydrogen-bond acceptors (Lipinski definition) is 6. The molecule has 0 saturated heterocycles. The topological polar surface area (TPSA) is 19.4 Å². The molecule has 0 heterocycles. The molecule has 0 atom stereocenters. The first kappa shape index (κ1) is 75.9. The zero-order valence-corrected chi connectivity index (χ0v) is 49.3. The van der Waals surface area contributed by atoms with Crippen LogP contribution in [0.2, 0.25) is 0 Å². The van der Waals surface area contributed by atoms with E-state index in [0.717, 1.165) is 0 Å². The molecule has 0 aliphatic heterocycles. The lowest BCUT2D eigenvalue weighted by Gasteiger charge is -2.31. The van der Waals surface area contributed by atoms with Crippen molar-refractivity contribution in [2.24, 2.45) is 0 Å². The van der Waals surface area contributed by atoms with E-state index in [4.69, 9.17) is 0 Å². The van der Waals surface area contributed by atoms with Crippen molar-refractivity contribution in [1.82, 2.24) is 0 Å². The van der Waals surface area contributed by atoms with Crippen LogP contribution in [0.4, 0.5) is 162 Å². The van der Waals surface area contributed by atoms with E-state index in [0.29, 0.717) is 34.1 Å². The van der Waals surface area contributed by atoms with E-state index in [9.17, 15) is 105 Å². The van der Waals surface area contributed by atoms with Crippen molar-refractivity contribution >= 4 is 56.9 Å². The van der Waals surface area contributed by atoms with Gasteiger partial charge in [-0.15, -0.1) is 0 Å². The van der Waals surface area contributed by atoms with E-state index in [1.165, 1.54) is 117 Å². The summed E-state index contributed by atoms with van der Waals surface area (Å²) in [5.41, 5.74) is 2.81. The quantitative estimate of drug-likeness (QED) is 0.0380. The Kier molecular flexibility index (Phi) is 27.1. The van der Waals surface area contributed by atoms with Crippen molar-refractivity contribution in [3.05, 3.63) is 121 Å². The number of alkyl halides is 24. The molecule has 0 unspecified atom stereocenters. The van der Waals surface area contributed by atoms with Crippen molar-refractivity contribution in [2.45, 2.75) is 152 Å². The molecule has 0 aliphatic carbocycles. The van der Waals surface area contributed by atoms with Gasteiger partial charge in [-0.3, -0.25) is 0 Å². The van der Waals surface area contributed by atoms with E-state index < -0.39 is 152 Å². The second-order valence-corrected chi connectivity index (χ2v) is 22.0. The largest absolute Gasteiger partial charge is 0.389 e. The van der Waals surface area contributed by atoms with Crippen molar-refractivity contribution < 1.29 is 105 Å². The summed E-state index contributed by atoms with van der Waals surface area (Å²) >= 11 is 0. The molecule has 0 fully saturated rings. The second kappa shape index (κ2) is 32.9. The summed E-state index contributed by atoms with van der Waals surface area (Å²) in [6.45, 7) is -2.35. The molecule has 6 nitrogen and oxygen atoms in total. The van der Waals surface area contributed by atoms with Crippen LogP contribution in [0.5, 0.6) is 0 Å². The molecule has 0 amide bonds. The van der Waals surface area contributed by atoms with Gasteiger partial charge in [0.05, 0.1) is 0 Å². The first-order chi connectivity index (χ1) is 42.6. The molecule has 0 aliphatic rings. The first-order valence-corrected chi connectivity index (χ1v) is 29.2. The Morgan fingerprint density at radius 2 is 0.261 bits per heavy atom. The van der Waals surface area contributed by atoms with Gasteiger partial charge in [-0.1, -0.05) is 0 Å². The summed E-state index contributed by atoms with van der Waals surface area (Å²) in [6.07, 6.45) is -50.2. The van der Waals surface area contributed by atoms with Crippen LogP contribution in [-0.2, 0) is 0 Å². The molecule has 0 saturated carbocycles. The fourth-order valence-corrected chi connectivity index (χ4v) is 10.1. The van der Waals surface area contributed by atoms with Crippen molar-refractivity contribution in [3.63, 3.8) is 0 Å². The van der Waals surface area contributed by atoms with Gasteiger partial charge < -0.3 is 29.4 Å². The van der Waals surface area contributed by atoms with Gasteiger partial charge in [0, 0.05) is 161 Å². The smallest absolute Gasteiger partial charge is 0.372 e. The zero-order valence-electron chi connectivity index (χ0n) is 49.3. The molecule has 30 heteroatoms. The lowest BCUT2D eigenvalue weighted by molar-refractivity contribution is -0.136. The lowest BCUT2D eigenvalue weighted by atomic mass is 10.1. The van der Waals surface area contributed by atoms with Crippen LogP contribution in [0.15, 0.2) is 121 Å². The third kappa shape index (κ3) is 29.0. The van der Waals surface area contributed by atoms with Gasteiger partial charge in [-0.2, -0.15) is 105 Å². The molecule has 0 radical (unpaired) electrons. The summed E-state index contributed by atoms with van der Waals surface area (Å²) < 4.78 is 318. The Morgan fingerprint density at radius 1 is 0.163 bits per heavy atom. The molecule has 514 valence electrons. The Bertz CT molecular complexity index is 2440. The average Bonchev–Trinajstić information content (AvgIpc) is 0.803. The van der Waals surface area contributed by atoms with Crippen LogP contribution < -0.4 is 29.4 Å². The van der Waals surface area contributed by atoms with Gasteiger partial charge in [0.2, 0.25) is 0 Å². The standard InChI is InChI=1S/C62H68F24N6/c63-55(64,65)29-1-37-87(38-2-30-56(66,67)68)45-9-17-49(18-10-45)91(50-19-11-46(12-20-50)88(39-3-31-57(69,70)71)40-4-32-58(72,73)74)53-25-27-54(28-26-53)92(51-21-13-47(14-22-51)89(41-5-33-59(75,76)77)42-6-34-60(78,79)80)52-23-15-48(16-24-52)90(43-7-35-61(81,82)83)44-8-36-62(84,85)86/h9-28H,1-8,29-44H2. The van der Waals surface area contributed by atoms with Crippen LogP contribution in [0, 0.1) is 0 Å². The van der Waals surface area contributed by atoms with E-state index in [1.807, 2.05) is 0 Å². The minimum atomic E-state index is -4.57. The minimum Gasteiger partial charge on any atom is -0.372 e. The number of rotatable bonds is 34. The number of benzene rings is 5. The number of nitrogens with zero attached hydrogens (tertiary/aromatic N) is 6. The molecule has 5 aromatic rings. The third-order valence-corrected chi connectivity index (χ3v) is 14.4. The first-order valence-electron chi connectivity index (χ1n) is 29.2. The van der Waals surface area contributed by atoms with Gasteiger partial charge in [0.15, 0.2) is 0 Å². The fourth-order valence-electron chi connectivity index (χ4n) is 10.1. The highest BCUT2D eigenvalue weighted by Gasteiger charge is 2.33. The highest BCUT2D eigenvalue weighted by Crippen LogP contribution is 2.42. The van der Waals surface area contributed by atoms with Gasteiger partial charge in [0.25, 0.3) is 0 Å². The van der Waals surface area contributed by atoms with Crippen LogP contribution in [0.3, 0.4) is 0 Å². The molecular formula is C62H68F24N6. The van der Waals surface area contributed by atoms with E-state index >= 15 is 0 Å². The van der Waals surface area contributed by atoms with E-state index in [-0.39, 0.29) is 75.1 Å². The van der Waals surface area contributed by atoms with E-state index in [1.54, 1.807) is 34.1 Å². The monoisotopic (exact) mass is 1350 g/mol. The maximum Gasteiger partial charge on any atom is 0.389 e.